The van der Waals surface area contributed by atoms with Crippen LogP contribution < -0.4 is 4.31 Å². The Morgan fingerprint density at radius 1 is 1.50 bits per heavy atom. The molecule has 2 aromatic heterocycles. The molecule has 0 aliphatic carbocycles. The standard InChI is InChI=1S/C10H12BrN3O2S2/c1-7-4-9(17-10(7)11)18(15,16)14(3)8-5-12-13(2)6-8/h4-6H,1-3H3. The minimum absolute atomic E-state index is 0.318. The van der Waals surface area contributed by atoms with Crippen LogP contribution in [0.15, 0.2) is 26.5 Å². The maximum Gasteiger partial charge on any atom is 0.273 e. The minimum atomic E-state index is -3.51. The van der Waals surface area contributed by atoms with E-state index in [1.807, 2.05) is 6.92 Å². The molecule has 5 nitrogen and oxygen atoms in total. The number of nitrogens with zero attached hydrogens (tertiary/aromatic N) is 3. The lowest BCUT2D eigenvalue weighted by atomic mass is 10.4. The average molecular weight is 350 g/mol. The molecule has 0 aromatic carbocycles. The summed E-state index contributed by atoms with van der Waals surface area (Å²) < 4.78 is 28.7. The van der Waals surface area contributed by atoms with E-state index in [-0.39, 0.29) is 0 Å². The van der Waals surface area contributed by atoms with E-state index in [4.69, 9.17) is 0 Å². The Balaban J connectivity index is 2.42. The van der Waals surface area contributed by atoms with Crippen molar-refractivity contribution in [3.8, 4) is 0 Å². The first-order chi connectivity index (χ1) is 8.32. The maximum absolute atomic E-state index is 12.4. The summed E-state index contributed by atoms with van der Waals surface area (Å²) in [6, 6.07) is 1.66. The second kappa shape index (κ2) is 4.67. The van der Waals surface area contributed by atoms with E-state index in [1.54, 1.807) is 24.0 Å². The molecule has 0 N–H and O–H groups in total. The van der Waals surface area contributed by atoms with Gasteiger partial charge in [0.05, 0.1) is 15.7 Å². The van der Waals surface area contributed by atoms with Crippen molar-refractivity contribution in [2.45, 2.75) is 11.1 Å². The number of anilines is 1. The van der Waals surface area contributed by atoms with Crippen LogP contribution in [0, 0.1) is 6.92 Å². The Kier molecular flexibility index (Phi) is 3.52. The lowest BCUT2D eigenvalue weighted by Crippen LogP contribution is -2.25. The maximum atomic E-state index is 12.4. The Morgan fingerprint density at radius 2 is 2.17 bits per heavy atom. The van der Waals surface area contributed by atoms with Gasteiger partial charge in [0, 0.05) is 20.3 Å². The SMILES string of the molecule is Cc1cc(S(=O)(=O)N(C)c2cnn(C)c2)sc1Br. The number of hydrogen-bond acceptors (Lipinski definition) is 4. The second-order valence-corrected chi connectivity index (χ2v) is 8.43. The van der Waals surface area contributed by atoms with Gasteiger partial charge in [-0.3, -0.25) is 8.99 Å². The first-order valence-electron chi connectivity index (χ1n) is 5.06. The summed E-state index contributed by atoms with van der Waals surface area (Å²) in [5.74, 6) is 0. The molecule has 18 heavy (non-hydrogen) atoms. The third-order valence-electron chi connectivity index (χ3n) is 2.50. The number of halogens is 1. The van der Waals surface area contributed by atoms with Gasteiger partial charge in [0.2, 0.25) is 0 Å². The highest BCUT2D eigenvalue weighted by Crippen LogP contribution is 2.33. The van der Waals surface area contributed by atoms with Crippen LogP contribution in [0.4, 0.5) is 5.69 Å². The van der Waals surface area contributed by atoms with Gasteiger partial charge in [0.1, 0.15) is 4.21 Å². The highest BCUT2D eigenvalue weighted by Gasteiger charge is 2.24. The fourth-order valence-electron chi connectivity index (χ4n) is 1.40. The summed E-state index contributed by atoms with van der Waals surface area (Å²) in [7, 11) is -0.243. The number of rotatable bonds is 3. The van der Waals surface area contributed by atoms with Crippen LogP contribution in [0.3, 0.4) is 0 Å². The van der Waals surface area contributed by atoms with E-state index in [2.05, 4.69) is 21.0 Å². The molecule has 2 rings (SSSR count). The molecule has 0 saturated carbocycles. The summed E-state index contributed by atoms with van der Waals surface area (Å²) >= 11 is 4.55. The van der Waals surface area contributed by atoms with Gasteiger partial charge in [-0.25, -0.2) is 8.42 Å². The van der Waals surface area contributed by atoms with E-state index in [9.17, 15) is 8.42 Å². The van der Waals surface area contributed by atoms with Crippen molar-refractivity contribution < 1.29 is 8.42 Å². The van der Waals surface area contributed by atoms with Crippen molar-refractivity contribution in [1.29, 1.82) is 0 Å². The summed E-state index contributed by atoms with van der Waals surface area (Å²) in [5, 5.41) is 3.97. The molecular weight excluding hydrogens is 338 g/mol. The quantitative estimate of drug-likeness (QED) is 0.854. The van der Waals surface area contributed by atoms with Crippen LogP contribution in [-0.4, -0.2) is 25.2 Å². The van der Waals surface area contributed by atoms with Gasteiger partial charge in [-0.2, -0.15) is 5.10 Å². The molecule has 0 aliphatic rings. The molecule has 0 spiro atoms. The average Bonchev–Trinajstić information content (AvgIpc) is 2.86. The van der Waals surface area contributed by atoms with Crippen LogP contribution in [0.25, 0.3) is 0 Å². The van der Waals surface area contributed by atoms with E-state index in [0.717, 1.165) is 9.35 Å². The number of sulfonamides is 1. The molecule has 2 heterocycles. The van der Waals surface area contributed by atoms with Gasteiger partial charge >= 0.3 is 0 Å². The largest absolute Gasteiger partial charge is 0.274 e. The highest BCUT2D eigenvalue weighted by atomic mass is 79.9. The van der Waals surface area contributed by atoms with E-state index in [1.165, 1.54) is 28.9 Å². The van der Waals surface area contributed by atoms with Gasteiger partial charge in [-0.05, 0) is 34.5 Å². The number of thiophene rings is 1. The van der Waals surface area contributed by atoms with Gasteiger partial charge in [-0.1, -0.05) is 0 Å². The summed E-state index contributed by atoms with van der Waals surface area (Å²) in [5.41, 5.74) is 1.46. The molecule has 8 heteroatoms. The van der Waals surface area contributed by atoms with Crippen LogP contribution in [0.2, 0.25) is 0 Å². The number of aryl methyl sites for hydroxylation is 2. The normalized spacial score (nSPS) is 11.8. The Morgan fingerprint density at radius 3 is 2.61 bits per heavy atom. The van der Waals surface area contributed by atoms with E-state index in [0.29, 0.717) is 9.90 Å². The number of aromatic nitrogens is 2. The van der Waals surface area contributed by atoms with Crippen LogP contribution >= 0.6 is 27.3 Å². The summed E-state index contributed by atoms with van der Waals surface area (Å²) in [6.07, 6.45) is 3.18. The van der Waals surface area contributed by atoms with Crippen molar-refractivity contribution in [2.75, 3.05) is 11.4 Å². The predicted octanol–water partition coefficient (Wildman–Crippen LogP) is 2.38. The van der Waals surface area contributed by atoms with E-state index < -0.39 is 10.0 Å². The molecule has 0 saturated heterocycles. The molecule has 0 aliphatic heterocycles. The Labute approximate surface area is 118 Å². The Hall–Kier alpha value is -0.860. The smallest absolute Gasteiger partial charge is 0.273 e. The zero-order valence-corrected chi connectivity index (χ0v) is 13.3. The van der Waals surface area contributed by atoms with Gasteiger partial charge in [0.15, 0.2) is 0 Å². The van der Waals surface area contributed by atoms with Crippen molar-refractivity contribution in [1.82, 2.24) is 9.78 Å². The summed E-state index contributed by atoms with van der Waals surface area (Å²) in [6.45, 7) is 1.86. The molecule has 0 amide bonds. The van der Waals surface area contributed by atoms with Crippen molar-refractivity contribution in [3.05, 3.63) is 27.8 Å². The predicted molar refractivity (Wildman–Crippen MR) is 75.6 cm³/mol. The molecule has 0 bridgehead atoms. The van der Waals surface area contributed by atoms with Crippen molar-refractivity contribution in [3.63, 3.8) is 0 Å². The molecule has 0 radical (unpaired) electrons. The van der Waals surface area contributed by atoms with Crippen LogP contribution in [-0.2, 0) is 17.1 Å². The molecule has 2 aromatic rings. The van der Waals surface area contributed by atoms with Gasteiger partial charge in [0.25, 0.3) is 10.0 Å². The first kappa shape index (κ1) is 13.6. The van der Waals surface area contributed by atoms with Crippen LogP contribution in [0.1, 0.15) is 5.56 Å². The highest BCUT2D eigenvalue weighted by molar-refractivity contribution is 9.11. The monoisotopic (exact) mass is 349 g/mol. The molecule has 0 atom stereocenters. The molecule has 0 fully saturated rings. The van der Waals surface area contributed by atoms with Gasteiger partial charge in [-0.15, -0.1) is 11.3 Å². The lowest BCUT2D eigenvalue weighted by Gasteiger charge is -2.15. The zero-order valence-electron chi connectivity index (χ0n) is 10.1. The molecular formula is C10H12BrN3O2S2. The van der Waals surface area contributed by atoms with Crippen LogP contribution in [0.5, 0.6) is 0 Å². The van der Waals surface area contributed by atoms with Crippen molar-refractivity contribution in [2.24, 2.45) is 7.05 Å². The third-order valence-corrected chi connectivity index (χ3v) is 6.88. The second-order valence-electron chi connectivity index (χ2n) is 3.87. The fraction of sp³-hybridized carbons (Fsp3) is 0.300. The molecule has 98 valence electrons. The number of hydrogen-bond donors (Lipinski definition) is 0. The minimum Gasteiger partial charge on any atom is -0.274 e. The third kappa shape index (κ3) is 2.32. The van der Waals surface area contributed by atoms with Gasteiger partial charge < -0.3 is 0 Å². The zero-order chi connectivity index (χ0) is 13.5. The molecule has 0 unspecified atom stereocenters. The lowest BCUT2D eigenvalue weighted by molar-refractivity contribution is 0.596. The fourth-order valence-corrected chi connectivity index (χ4v) is 4.97. The summed E-state index contributed by atoms with van der Waals surface area (Å²) in [4.78, 5) is 0. The Bertz CT molecular complexity index is 656. The van der Waals surface area contributed by atoms with Crippen molar-refractivity contribution >= 4 is 43.0 Å². The van der Waals surface area contributed by atoms with E-state index >= 15 is 0 Å². The first-order valence-corrected chi connectivity index (χ1v) is 8.11. The topological polar surface area (TPSA) is 55.2 Å².